The van der Waals surface area contributed by atoms with Crippen LogP contribution in [0, 0.1) is 0 Å². The summed E-state index contributed by atoms with van der Waals surface area (Å²) in [5, 5.41) is 33.4. The van der Waals surface area contributed by atoms with E-state index in [-0.39, 0.29) is 25.0 Å². The number of carbonyl (C=O) groups is 6. The summed E-state index contributed by atoms with van der Waals surface area (Å²) in [5.74, 6) is -6.57. The summed E-state index contributed by atoms with van der Waals surface area (Å²) in [7, 11) is 0. The maximum atomic E-state index is 12.6. The van der Waals surface area contributed by atoms with E-state index in [1.54, 1.807) is 0 Å². The van der Waals surface area contributed by atoms with Crippen LogP contribution in [0.4, 0.5) is 0 Å². The lowest BCUT2D eigenvalue weighted by molar-refractivity contribution is -0.141. The molecular formula is C16H27N5O9S. The number of nitrogens with one attached hydrogen (secondary N) is 3. The molecule has 0 aromatic heterocycles. The minimum absolute atomic E-state index is 0.256. The van der Waals surface area contributed by atoms with E-state index in [9.17, 15) is 28.8 Å². The SMILES string of the molecule is NC(=O)CCC(NC(=O)C(CCC(=O)O)NC(=O)C(N)CO)C(=O)NC(CS)C(=O)O. The second-order valence-electron chi connectivity index (χ2n) is 6.43. The molecule has 4 amide bonds. The predicted octanol–water partition coefficient (Wildman–Crippen LogP) is -4.09. The summed E-state index contributed by atoms with van der Waals surface area (Å²) in [6.07, 6.45) is -1.52. The lowest BCUT2D eigenvalue weighted by Gasteiger charge is -2.24. The van der Waals surface area contributed by atoms with Crippen LogP contribution in [-0.4, -0.2) is 87.4 Å². The first-order chi connectivity index (χ1) is 14.4. The van der Waals surface area contributed by atoms with Gasteiger partial charge in [-0.3, -0.25) is 24.0 Å². The first-order valence-electron chi connectivity index (χ1n) is 9.04. The predicted molar refractivity (Wildman–Crippen MR) is 108 cm³/mol. The van der Waals surface area contributed by atoms with E-state index in [4.69, 9.17) is 26.8 Å². The Morgan fingerprint density at radius 2 is 1.26 bits per heavy atom. The molecule has 15 heteroatoms. The van der Waals surface area contributed by atoms with Crippen molar-refractivity contribution < 1.29 is 44.1 Å². The van der Waals surface area contributed by atoms with Crippen molar-refractivity contribution in [2.45, 2.75) is 49.9 Å². The van der Waals surface area contributed by atoms with Crippen molar-refractivity contribution in [3.05, 3.63) is 0 Å². The molecule has 0 aromatic rings. The van der Waals surface area contributed by atoms with Crippen LogP contribution in [0.5, 0.6) is 0 Å². The molecule has 0 spiro atoms. The van der Waals surface area contributed by atoms with Gasteiger partial charge in [-0.15, -0.1) is 0 Å². The highest BCUT2D eigenvalue weighted by atomic mass is 32.1. The van der Waals surface area contributed by atoms with E-state index >= 15 is 0 Å². The van der Waals surface area contributed by atoms with Crippen LogP contribution in [0.15, 0.2) is 0 Å². The summed E-state index contributed by atoms with van der Waals surface area (Å²) < 4.78 is 0. The highest BCUT2D eigenvalue weighted by molar-refractivity contribution is 7.80. The minimum atomic E-state index is -1.44. The number of hydrogen-bond acceptors (Lipinski definition) is 9. The molecule has 0 fully saturated rings. The molecule has 0 saturated carbocycles. The Hall–Kier alpha value is -2.91. The van der Waals surface area contributed by atoms with Gasteiger partial charge in [-0.25, -0.2) is 4.79 Å². The molecule has 0 aliphatic heterocycles. The maximum Gasteiger partial charge on any atom is 0.327 e. The fourth-order valence-corrected chi connectivity index (χ4v) is 2.43. The van der Waals surface area contributed by atoms with E-state index in [1.807, 2.05) is 0 Å². The fourth-order valence-electron chi connectivity index (χ4n) is 2.18. The van der Waals surface area contributed by atoms with Gasteiger partial charge in [0, 0.05) is 18.6 Å². The largest absolute Gasteiger partial charge is 0.481 e. The highest BCUT2D eigenvalue weighted by Crippen LogP contribution is 2.04. The van der Waals surface area contributed by atoms with Gasteiger partial charge in [-0.05, 0) is 12.8 Å². The van der Waals surface area contributed by atoms with Crippen molar-refractivity contribution in [3.8, 4) is 0 Å². The van der Waals surface area contributed by atoms with Crippen LogP contribution in [-0.2, 0) is 28.8 Å². The number of rotatable bonds is 15. The lowest BCUT2D eigenvalue weighted by atomic mass is 10.1. The van der Waals surface area contributed by atoms with Gasteiger partial charge >= 0.3 is 11.9 Å². The summed E-state index contributed by atoms with van der Waals surface area (Å²) in [4.78, 5) is 69.9. The third-order valence-electron chi connectivity index (χ3n) is 3.92. The number of amides is 4. The quantitative estimate of drug-likeness (QED) is 0.106. The number of aliphatic hydroxyl groups is 1. The third kappa shape index (κ3) is 11.2. The van der Waals surface area contributed by atoms with Crippen LogP contribution < -0.4 is 27.4 Å². The van der Waals surface area contributed by atoms with E-state index < -0.39 is 72.8 Å². The number of hydrogen-bond donors (Lipinski definition) is 9. The van der Waals surface area contributed by atoms with E-state index in [2.05, 4.69) is 28.6 Å². The Bertz CT molecular complexity index is 690. The van der Waals surface area contributed by atoms with Gasteiger partial charge in [0.15, 0.2) is 0 Å². The molecule has 0 aliphatic rings. The number of aliphatic carboxylic acids is 2. The van der Waals surface area contributed by atoms with Crippen LogP contribution in [0.3, 0.4) is 0 Å². The first kappa shape index (κ1) is 28.1. The van der Waals surface area contributed by atoms with Gasteiger partial charge in [0.1, 0.15) is 24.2 Å². The van der Waals surface area contributed by atoms with Gasteiger partial charge < -0.3 is 42.7 Å². The Labute approximate surface area is 182 Å². The number of carbonyl (C=O) groups excluding carboxylic acids is 4. The smallest absolute Gasteiger partial charge is 0.327 e. The Morgan fingerprint density at radius 3 is 1.65 bits per heavy atom. The molecule has 0 radical (unpaired) electrons. The average Bonchev–Trinajstić information content (AvgIpc) is 2.70. The number of nitrogens with two attached hydrogens (primary N) is 2. The lowest BCUT2D eigenvalue weighted by Crippen LogP contribution is -2.57. The van der Waals surface area contributed by atoms with Gasteiger partial charge in [-0.2, -0.15) is 12.6 Å². The zero-order valence-electron chi connectivity index (χ0n) is 16.4. The van der Waals surface area contributed by atoms with Crippen molar-refractivity contribution in [1.82, 2.24) is 16.0 Å². The van der Waals surface area contributed by atoms with E-state index in [1.165, 1.54) is 0 Å². The van der Waals surface area contributed by atoms with Crippen molar-refractivity contribution >= 4 is 48.2 Å². The molecular weight excluding hydrogens is 438 g/mol. The molecule has 176 valence electrons. The average molecular weight is 465 g/mol. The summed E-state index contributed by atoms with van der Waals surface area (Å²) in [5.41, 5.74) is 10.4. The third-order valence-corrected chi connectivity index (χ3v) is 4.29. The second-order valence-corrected chi connectivity index (χ2v) is 6.80. The van der Waals surface area contributed by atoms with Crippen LogP contribution in [0.2, 0.25) is 0 Å². The zero-order chi connectivity index (χ0) is 24.1. The number of carboxylic acid groups (broad SMARTS) is 2. The Balaban J connectivity index is 5.48. The zero-order valence-corrected chi connectivity index (χ0v) is 17.3. The van der Waals surface area contributed by atoms with E-state index in [0.717, 1.165) is 0 Å². The molecule has 10 N–H and O–H groups in total. The molecule has 0 rings (SSSR count). The standard InChI is InChI=1S/C16H27N5O9S/c17-7(5-22)13(26)19-9(2-4-12(24)25)14(27)20-8(1-3-11(18)23)15(28)21-10(6-31)16(29)30/h7-10,22,31H,1-6,17H2,(H2,18,23)(H,19,26)(H,20,27)(H,21,28)(H,24,25)(H,29,30). The number of carboxylic acids is 2. The van der Waals surface area contributed by atoms with Gasteiger partial charge in [-0.1, -0.05) is 0 Å². The summed E-state index contributed by atoms with van der Waals surface area (Å²) >= 11 is 3.81. The Morgan fingerprint density at radius 1 is 0.806 bits per heavy atom. The van der Waals surface area contributed by atoms with E-state index in [0.29, 0.717) is 0 Å². The van der Waals surface area contributed by atoms with Crippen LogP contribution >= 0.6 is 12.6 Å². The van der Waals surface area contributed by atoms with Gasteiger partial charge in [0.25, 0.3) is 0 Å². The van der Waals surface area contributed by atoms with Crippen molar-refractivity contribution in [2.24, 2.45) is 11.5 Å². The normalized spacial score (nSPS) is 14.4. The molecule has 0 saturated heterocycles. The molecule has 31 heavy (non-hydrogen) atoms. The van der Waals surface area contributed by atoms with Crippen molar-refractivity contribution in [2.75, 3.05) is 12.4 Å². The molecule has 0 aliphatic carbocycles. The maximum absolute atomic E-state index is 12.6. The number of thiol groups is 1. The van der Waals surface area contributed by atoms with Crippen molar-refractivity contribution in [3.63, 3.8) is 0 Å². The number of aliphatic hydroxyl groups excluding tert-OH is 1. The topological polar surface area (TPSA) is 251 Å². The number of primary amides is 1. The molecule has 0 aromatic carbocycles. The second kappa shape index (κ2) is 14.2. The van der Waals surface area contributed by atoms with Crippen molar-refractivity contribution in [1.29, 1.82) is 0 Å². The fraction of sp³-hybridized carbons (Fsp3) is 0.625. The summed E-state index contributed by atoms with van der Waals surface area (Å²) in [6.45, 7) is -0.733. The van der Waals surface area contributed by atoms with Crippen LogP contribution in [0.1, 0.15) is 25.7 Å². The molecule has 4 atom stereocenters. The van der Waals surface area contributed by atoms with Crippen LogP contribution in [0.25, 0.3) is 0 Å². The molecule has 4 unspecified atom stereocenters. The first-order valence-corrected chi connectivity index (χ1v) is 9.67. The summed E-state index contributed by atoms with van der Waals surface area (Å²) in [6, 6.07) is -5.61. The highest BCUT2D eigenvalue weighted by Gasteiger charge is 2.30. The molecule has 0 heterocycles. The van der Waals surface area contributed by atoms with Gasteiger partial charge in [0.2, 0.25) is 23.6 Å². The molecule has 0 bridgehead atoms. The molecule has 14 nitrogen and oxygen atoms in total. The van der Waals surface area contributed by atoms with Gasteiger partial charge in [0.05, 0.1) is 6.61 Å². The Kier molecular flexibility index (Phi) is 12.8. The minimum Gasteiger partial charge on any atom is -0.481 e. The monoisotopic (exact) mass is 465 g/mol.